The number of pyridine rings is 1. The second kappa shape index (κ2) is 5.23. The molecule has 0 N–H and O–H groups in total. The van der Waals surface area contributed by atoms with Gasteiger partial charge in [-0.2, -0.15) is 0 Å². The Morgan fingerprint density at radius 2 is 2.12 bits per heavy atom. The molecule has 0 aliphatic heterocycles. The van der Waals surface area contributed by atoms with Crippen LogP contribution in [-0.4, -0.2) is 24.0 Å². The van der Waals surface area contributed by atoms with Gasteiger partial charge in [-0.3, -0.25) is 0 Å². The van der Waals surface area contributed by atoms with Gasteiger partial charge in [0, 0.05) is 40.4 Å². The van der Waals surface area contributed by atoms with Crippen molar-refractivity contribution >= 4 is 44.1 Å². The van der Waals surface area contributed by atoms with Crippen molar-refractivity contribution in [1.82, 2.24) is 4.98 Å². The minimum atomic E-state index is 0.101. The van der Waals surface area contributed by atoms with Crippen LogP contribution in [-0.2, 0) is 0 Å². The van der Waals surface area contributed by atoms with Gasteiger partial charge < -0.3 is 4.90 Å². The number of hydrogen-bond acceptors (Lipinski definition) is 2. The van der Waals surface area contributed by atoms with Crippen LogP contribution < -0.4 is 4.90 Å². The predicted octanol–water partition coefficient (Wildman–Crippen LogP) is 4.06. The molecular weight excluding hydrogens is 300 g/mol. The first-order valence-corrected chi connectivity index (χ1v) is 6.71. The highest BCUT2D eigenvalue weighted by atomic mass is 79.9. The van der Waals surface area contributed by atoms with Crippen molar-refractivity contribution in [2.45, 2.75) is 12.3 Å². The number of nitrogens with zero attached hydrogens (tertiary/aromatic N) is 2. The van der Waals surface area contributed by atoms with E-state index in [-0.39, 0.29) is 5.38 Å². The first-order chi connectivity index (χ1) is 8.09. The van der Waals surface area contributed by atoms with Crippen LogP contribution in [0.1, 0.15) is 6.92 Å². The minimum Gasteiger partial charge on any atom is -0.358 e. The molecule has 17 heavy (non-hydrogen) atoms. The van der Waals surface area contributed by atoms with Gasteiger partial charge in [0.15, 0.2) is 0 Å². The second-order valence-corrected chi connectivity index (χ2v) is 5.73. The van der Waals surface area contributed by atoms with Crippen LogP contribution in [0.4, 0.5) is 5.82 Å². The van der Waals surface area contributed by atoms with Crippen molar-refractivity contribution in [1.29, 1.82) is 0 Å². The number of hydrogen-bond donors (Lipinski definition) is 0. The molecule has 0 aliphatic carbocycles. The average molecular weight is 314 g/mol. The van der Waals surface area contributed by atoms with Crippen LogP contribution in [0.5, 0.6) is 0 Å². The van der Waals surface area contributed by atoms with Gasteiger partial charge in [0.25, 0.3) is 0 Å². The molecule has 2 rings (SSSR count). The van der Waals surface area contributed by atoms with Gasteiger partial charge in [0.1, 0.15) is 5.82 Å². The zero-order valence-corrected chi connectivity index (χ0v) is 12.2. The lowest BCUT2D eigenvalue weighted by molar-refractivity contribution is 0.848. The van der Waals surface area contributed by atoms with E-state index in [0.29, 0.717) is 0 Å². The molecule has 1 heterocycles. The number of rotatable bonds is 3. The van der Waals surface area contributed by atoms with E-state index in [1.54, 1.807) is 0 Å². The van der Waals surface area contributed by atoms with E-state index >= 15 is 0 Å². The molecule has 0 saturated carbocycles. The van der Waals surface area contributed by atoms with Crippen LogP contribution in [0.3, 0.4) is 0 Å². The van der Waals surface area contributed by atoms with E-state index in [9.17, 15) is 0 Å². The van der Waals surface area contributed by atoms with Crippen LogP contribution in [0.15, 0.2) is 34.9 Å². The third-order valence-electron chi connectivity index (χ3n) is 2.62. The molecule has 1 unspecified atom stereocenters. The maximum Gasteiger partial charge on any atom is 0.136 e. The highest BCUT2D eigenvalue weighted by molar-refractivity contribution is 9.10. The van der Waals surface area contributed by atoms with Crippen molar-refractivity contribution in [2.75, 3.05) is 18.5 Å². The Kier molecular flexibility index (Phi) is 3.89. The van der Waals surface area contributed by atoms with Gasteiger partial charge in [0.2, 0.25) is 0 Å². The second-order valence-electron chi connectivity index (χ2n) is 4.13. The number of fused-ring (bicyclic) bond motifs is 1. The summed E-state index contributed by atoms with van der Waals surface area (Å²) in [6.45, 7) is 2.76. The summed E-state index contributed by atoms with van der Waals surface area (Å²) in [6.07, 6.45) is 1.83. The highest BCUT2D eigenvalue weighted by Gasteiger charge is 2.10. The first-order valence-electron chi connectivity index (χ1n) is 5.48. The summed E-state index contributed by atoms with van der Waals surface area (Å²) in [5.41, 5.74) is 0. The summed E-state index contributed by atoms with van der Waals surface area (Å²) < 4.78 is 1.09. The first kappa shape index (κ1) is 12.7. The number of aromatic nitrogens is 1. The van der Waals surface area contributed by atoms with Gasteiger partial charge in [-0.25, -0.2) is 4.98 Å². The monoisotopic (exact) mass is 312 g/mol. The molecule has 0 aliphatic rings. The van der Waals surface area contributed by atoms with Crippen molar-refractivity contribution < 1.29 is 0 Å². The molecule has 1 aromatic heterocycles. The summed E-state index contributed by atoms with van der Waals surface area (Å²) >= 11 is 9.58. The van der Waals surface area contributed by atoms with E-state index in [1.165, 1.54) is 5.39 Å². The number of halogens is 2. The minimum absolute atomic E-state index is 0.101. The van der Waals surface area contributed by atoms with Gasteiger partial charge in [-0.05, 0) is 19.1 Å². The molecule has 0 radical (unpaired) electrons. The molecule has 4 heteroatoms. The predicted molar refractivity (Wildman–Crippen MR) is 78.0 cm³/mol. The van der Waals surface area contributed by atoms with Crippen molar-refractivity contribution in [3.05, 3.63) is 34.9 Å². The third kappa shape index (κ3) is 2.72. The fourth-order valence-electron chi connectivity index (χ4n) is 1.92. The molecule has 0 amide bonds. The zero-order chi connectivity index (χ0) is 12.4. The van der Waals surface area contributed by atoms with Gasteiger partial charge in [0.05, 0.1) is 0 Å². The van der Waals surface area contributed by atoms with Gasteiger partial charge >= 0.3 is 0 Å². The summed E-state index contributed by atoms with van der Waals surface area (Å²) in [4.78, 5) is 6.54. The Balaban J connectivity index is 2.51. The van der Waals surface area contributed by atoms with Gasteiger partial charge in [-0.15, -0.1) is 11.6 Å². The largest absolute Gasteiger partial charge is 0.358 e. The summed E-state index contributed by atoms with van der Waals surface area (Å²) in [5, 5.41) is 2.41. The quantitative estimate of drug-likeness (QED) is 0.794. The van der Waals surface area contributed by atoms with Crippen LogP contribution >= 0.6 is 27.5 Å². The molecule has 0 bridgehead atoms. The Bertz CT molecular complexity index is 528. The normalized spacial score (nSPS) is 12.7. The Morgan fingerprint density at radius 1 is 1.35 bits per heavy atom. The van der Waals surface area contributed by atoms with Crippen molar-refractivity contribution in [3.63, 3.8) is 0 Å². The maximum absolute atomic E-state index is 6.03. The van der Waals surface area contributed by atoms with E-state index < -0.39 is 0 Å². The maximum atomic E-state index is 6.03. The number of benzene rings is 1. The molecule has 0 spiro atoms. The Hall–Kier alpha value is -0.800. The fraction of sp³-hybridized carbons (Fsp3) is 0.308. The number of anilines is 1. The van der Waals surface area contributed by atoms with Crippen molar-refractivity contribution in [3.8, 4) is 0 Å². The van der Waals surface area contributed by atoms with Crippen LogP contribution in [0.25, 0.3) is 10.8 Å². The van der Waals surface area contributed by atoms with Crippen LogP contribution in [0.2, 0.25) is 0 Å². The molecule has 0 fully saturated rings. The summed E-state index contributed by atoms with van der Waals surface area (Å²) in [5.74, 6) is 0.969. The molecule has 0 saturated heterocycles. The number of alkyl halides is 1. The molecule has 90 valence electrons. The van der Waals surface area contributed by atoms with E-state index in [4.69, 9.17) is 11.6 Å². The lowest BCUT2D eigenvalue weighted by Crippen LogP contribution is -2.25. The molecule has 1 atom stereocenters. The van der Waals surface area contributed by atoms with Gasteiger partial charge in [-0.1, -0.05) is 28.1 Å². The molecular formula is C13H14BrClN2. The topological polar surface area (TPSA) is 16.1 Å². The van der Waals surface area contributed by atoms with Crippen LogP contribution in [0, 0.1) is 0 Å². The fourth-order valence-corrected chi connectivity index (χ4v) is 2.63. The van der Waals surface area contributed by atoms with E-state index in [1.807, 2.05) is 38.4 Å². The molecule has 2 nitrogen and oxygen atoms in total. The Labute approximate surface area is 115 Å². The average Bonchev–Trinajstić information content (AvgIpc) is 2.28. The smallest absolute Gasteiger partial charge is 0.136 e. The lowest BCUT2D eigenvalue weighted by atomic mass is 10.1. The standard InChI is InChI=1S/C13H14BrClN2/c1-9(15)8-17(2)13-11-4-3-5-12(14)10(11)6-7-16-13/h3-7,9H,8H2,1-2H3. The Morgan fingerprint density at radius 3 is 2.82 bits per heavy atom. The highest BCUT2D eigenvalue weighted by Crippen LogP contribution is 2.29. The lowest BCUT2D eigenvalue weighted by Gasteiger charge is -2.21. The zero-order valence-electron chi connectivity index (χ0n) is 9.82. The van der Waals surface area contributed by atoms with E-state index in [2.05, 4.69) is 31.9 Å². The van der Waals surface area contributed by atoms with E-state index in [0.717, 1.165) is 22.2 Å². The molecule has 2 aromatic rings. The SMILES string of the molecule is CC(Cl)CN(C)c1nccc2c(Br)cccc12. The third-order valence-corrected chi connectivity index (χ3v) is 3.45. The summed E-state index contributed by atoms with van der Waals surface area (Å²) in [7, 11) is 2.02. The molecule has 1 aromatic carbocycles. The van der Waals surface area contributed by atoms with Crippen molar-refractivity contribution in [2.24, 2.45) is 0 Å². The summed E-state index contributed by atoms with van der Waals surface area (Å²) in [6, 6.07) is 8.16.